The number of nitrogens with zero attached hydrogens (tertiary/aromatic N) is 5. The van der Waals surface area contributed by atoms with E-state index < -0.39 is 0 Å². The van der Waals surface area contributed by atoms with Gasteiger partial charge in [0, 0.05) is 32.1 Å². The molecule has 0 spiro atoms. The van der Waals surface area contributed by atoms with E-state index >= 15 is 0 Å². The van der Waals surface area contributed by atoms with Crippen molar-refractivity contribution in [3.05, 3.63) is 36.8 Å². The lowest BCUT2D eigenvalue weighted by Crippen LogP contribution is -2.03. The third-order valence-electron chi connectivity index (χ3n) is 3.04. The Hall–Kier alpha value is -2.17. The Morgan fingerprint density at radius 2 is 2.06 bits per heavy atom. The maximum Gasteiger partial charge on any atom is 0.166 e. The Morgan fingerprint density at radius 3 is 2.89 bits per heavy atom. The molecule has 0 aliphatic heterocycles. The molecule has 3 heterocycles. The lowest BCUT2D eigenvalue weighted by molar-refractivity contribution is 0.800. The predicted molar refractivity (Wildman–Crippen MR) is 69.6 cm³/mol. The van der Waals surface area contributed by atoms with Crippen LogP contribution in [0.3, 0.4) is 0 Å². The minimum atomic E-state index is 0.856. The first-order valence-corrected chi connectivity index (χ1v) is 6.10. The molecule has 0 saturated carbocycles. The second-order valence-electron chi connectivity index (χ2n) is 4.32. The summed E-state index contributed by atoms with van der Waals surface area (Å²) in [4.78, 5) is 13.3. The van der Waals surface area contributed by atoms with Crippen molar-refractivity contribution < 1.29 is 0 Å². The van der Waals surface area contributed by atoms with Gasteiger partial charge in [-0.15, -0.1) is 0 Å². The van der Waals surface area contributed by atoms with Gasteiger partial charge in [0.15, 0.2) is 5.82 Å². The Labute approximate surface area is 105 Å². The van der Waals surface area contributed by atoms with Gasteiger partial charge in [-0.1, -0.05) is 6.92 Å². The minimum absolute atomic E-state index is 0.856. The molecule has 0 N–H and O–H groups in total. The van der Waals surface area contributed by atoms with Crippen LogP contribution in [0, 0.1) is 0 Å². The second-order valence-corrected chi connectivity index (χ2v) is 4.32. The van der Waals surface area contributed by atoms with Crippen LogP contribution in [-0.4, -0.2) is 24.1 Å². The summed E-state index contributed by atoms with van der Waals surface area (Å²) in [6.45, 7) is 2.15. The van der Waals surface area contributed by atoms with E-state index in [4.69, 9.17) is 0 Å². The molecular formula is C13H15N5. The largest absolute Gasteiger partial charge is 0.334 e. The number of pyridine rings is 1. The standard InChI is InChI=1S/C13H15N5/c1-3-4-11-14-7-8-18(11)13-12-10(5-6-15-13)17(2)9-16-12/h5-9H,3-4H2,1-2H3. The fourth-order valence-electron chi connectivity index (χ4n) is 2.16. The van der Waals surface area contributed by atoms with E-state index in [1.165, 1.54) is 0 Å². The third-order valence-corrected chi connectivity index (χ3v) is 3.04. The van der Waals surface area contributed by atoms with Crippen molar-refractivity contribution in [2.75, 3.05) is 0 Å². The number of hydrogen-bond donors (Lipinski definition) is 0. The summed E-state index contributed by atoms with van der Waals surface area (Å²) in [7, 11) is 1.99. The smallest absolute Gasteiger partial charge is 0.166 e. The molecule has 3 aromatic rings. The van der Waals surface area contributed by atoms with Crippen LogP contribution in [0.25, 0.3) is 16.9 Å². The van der Waals surface area contributed by atoms with Crippen LogP contribution in [-0.2, 0) is 13.5 Å². The van der Waals surface area contributed by atoms with E-state index in [2.05, 4.69) is 21.9 Å². The van der Waals surface area contributed by atoms with Crippen molar-refractivity contribution in [2.45, 2.75) is 19.8 Å². The lowest BCUT2D eigenvalue weighted by atomic mass is 10.3. The maximum atomic E-state index is 4.45. The zero-order valence-corrected chi connectivity index (χ0v) is 10.5. The summed E-state index contributed by atoms with van der Waals surface area (Å²) in [5, 5.41) is 0. The van der Waals surface area contributed by atoms with Crippen LogP contribution in [0.2, 0.25) is 0 Å². The van der Waals surface area contributed by atoms with Gasteiger partial charge in [0.1, 0.15) is 11.3 Å². The molecule has 0 fully saturated rings. The van der Waals surface area contributed by atoms with Crippen molar-refractivity contribution in [3.8, 4) is 5.82 Å². The van der Waals surface area contributed by atoms with Crippen LogP contribution in [0.4, 0.5) is 0 Å². The zero-order chi connectivity index (χ0) is 12.5. The summed E-state index contributed by atoms with van der Waals surface area (Å²) in [5.41, 5.74) is 1.99. The molecule has 18 heavy (non-hydrogen) atoms. The molecule has 0 aromatic carbocycles. The van der Waals surface area contributed by atoms with Crippen molar-refractivity contribution in [2.24, 2.45) is 7.05 Å². The fourth-order valence-corrected chi connectivity index (χ4v) is 2.16. The van der Waals surface area contributed by atoms with Gasteiger partial charge in [-0.25, -0.2) is 15.0 Å². The van der Waals surface area contributed by atoms with Crippen molar-refractivity contribution in [1.82, 2.24) is 24.1 Å². The normalized spacial score (nSPS) is 11.2. The molecule has 0 atom stereocenters. The van der Waals surface area contributed by atoms with E-state index in [0.717, 1.165) is 35.5 Å². The van der Waals surface area contributed by atoms with Crippen molar-refractivity contribution in [3.63, 3.8) is 0 Å². The van der Waals surface area contributed by atoms with E-state index in [0.29, 0.717) is 0 Å². The molecule has 5 heteroatoms. The zero-order valence-electron chi connectivity index (χ0n) is 10.5. The molecule has 0 unspecified atom stereocenters. The van der Waals surface area contributed by atoms with Crippen LogP contribution in [0.15, 0.2) is 31.0 Å². The number of hydrogen-bond acceptors (Lipinski definition) is 3. The van der Waals surface area contributed by atoms with E-state index in [1.807, 2.05) is 47.2 Å². The van der Waals surface area contributed by atoms with Gasteiger partial charge in [0.05, 0.1) is 11.8 Å². The second kappa shape index (κ2) is 4.25. The predicted octanol–water partition coefficient (Wildman–Crippen LogP) is 2.11. The van der Waals surface area contributed by atoms with Gasteiger partial charge < -0.3 is 4.57 Å². The van der Waals surface area contributed by atoms with Gasteiger partial charge in [-0.2, -0.15) is 0 Å². The Morgan fingerprint density at radius 1 is 1.17 bits per heavy atom. The van der Waals surface area contributed by atoms with Crippen LogP contribution >= 0.6 is 0 Å². The highest BCUT2D eigenvalue weighted by Crippen LogP contribution is 2.19. The highest BCUT2D eigenvalue weighted by atomic mass is 15.1. The van der Waals surface area contributed by atoms with Crippen LogP contribution in [0.1, 0.15) is 19.2 Å². The Bertz CT molecular complexity index is 680. The molecule has 0 aliphatic rings. The topological polar surface area (TPSA) is 48.5 Å². The van der Waals surface area contributed by atoms with E-state index in [9.17, 15) is 0 Å². The number of fused-ring (bicyclic) bond motifs is 1. The van der Waals surface area contributed by atoms with Crippen molar-refractivity contribution >= 4 is 11.0 Å². The summed E-state index contributed by atoms with van der Waals surface area (Å²) < 4.78 is 4.02. The molecule has 3 rings (SSSR count). The molecule has 0 bridgehead atoms. The summed E-state index contributed by atoms with van der Waals surface area (Å²) in [6, 6.07) is 1.97. The number of aryl methyl sites for hydroxylation is 2. The van der Waals surface area contributed by atoms with Gasteiger partial charge in [-0.05, 0) is 12.5 Å². The van der Waals surface area contributed by atoms with Gasteiger partial charge in [-0.3, -0.25) is 4.57 Å². The third kappa shape index (κ3) is 1.59. The lowest BCUT2D eigenvalue weighted by Gasteiger charge is -2.06. The molecule has 3 aromatic heterocycles. The Kier molecular flexibility index (Phi) is 2.59. The first-order chi connectivity index (χ1) is 8.81. The average Bonchev–Trinajstić information content (AvgIpc) is 2.98. The molecular weight excluding hydrogens is 226 g/mol. The molecule has 5 nitrogen and oxygen atoms in total. The summed E-state index contributed by atoms with van der Waals surface area (Å²) >= 11 is 0. The highest BCUT2D eigenvalue weighted by Gasteiger charge is 2.11. The molecule has 0 amide bonds. The van der Waals surface area contributed by atoms with E-state index in [-0.39, 0.29) is 0 Å². The summed E-state index contributed by atoms with van der Waals surface area (Å²) in [6.07, 6.45) is 9.39. The molecule has 92 valence electrons. The van der Waals surface area contributed by atoms with Gasteiger partial charge in [0.25, 0.3) is 0 Å². The Balaban J connectivity index is 2.22. The minimum Gasteiger partial charge on any atom is -0.334 e. The monoisotopic (exact) mass is 241 g/mol. The quantitative estimate of drug-likeness (QED) is 0.705. The van der Waals surface area contributed by atoms with Gasteiger partial charge in [0.2, 0.25) is 0 Å². The average molecular weight is 241 g/mol. The SMILES string of the molecule is CCCc1nccn1-c1nccc2c1ncn2C. The number of imidazole rings is 2. The number of rotatable bonds is 3. The first kappa shape index (κ1) is 11.0. The van der Waals surface area contributed by atoms with Crippen LogP contribution in [0.5, 0.6) is 0 Å². The molecule has 0 aliphatic carbocycles. The van der Waals surface area contributed by atoms with Crippen molar-refractivity contribution in [1.29, 1.82) is 0 Å². The fraction of sp³-hybridized carbons (Fsp3) is 0.308. The number of aromatic nitrogens is 5. The highest BCUT2D eigenvalue weighted by molar-refractivity contribution is 5.81. The summed E-state index contributed by atoms with van der Waals surface area (Å²) in [5.74, 6) is 1.89. The van der Waals surface area contributed by atoms with Gasteiger partial charge >= 0.3 is 0 Å². The van der Waals surface area contributed by atoms with Crippen LogP contribution < -0.4 is 0 Å². The molecule has 0 saturated heterocycles. The molecule has 0 radical (unpaired) electrons. The maximum absolute atomic E-state index is 4.45. The first-order valence-electron chi connectivity index (χ1n) is 6.10. The van der Waals surface area contributed by atoms with E-state index in [1.54, 1.807) is 0 Å².